The van der Waals surface area contributed by atoms with Gasteiger partial charge in [-0.2, -0.15) is 4.89 Å². The summed E-state index contributed by atoms with van der Waals surface area (Å²) in [5.41, 5.74) is 1.32. The molecule has 13 heavy (non-hydrogen) atoms. The third-order valence-corrected chi connectivity index (χ3v) is 1.34. The summed E-state index contributed by atoms with van der Waals surface area (Å²) in [5.74, 6) is 0. The molecule has 0 fully saturated rings. The highest BCUT2D eigenvalue weighted by atomic mass is 17.5. The van der Waals surface area contributed by atoms with Crippen molar-refractivity contribution >= 4 is 0 Å². The lowest BCUT2D eigenvalue weighted by molar-refractivity contribution is -0.493. The van der Waals surface area contributed by atoms with Crippen molar-refractivity contribution in [2.75, 3.05) is 6.61 Å². The predicted octanol–water partition coefficient (Wildman–Crippen LogP) is 2.39. The average molecular weight is 180 g/mol. The summed E-state index contributed by atoms with van der Waals surface area (Å²) in [5, 5.41) is 3.98. The van der Waals surface area contributed by atoms with Crippen LogP contribution >= 0.6 is 0 Å². The molecule has 0 aliphatic carbocycles. The van der Waals surface area contributed by atoms with E-state index in [1.807, 2.05) is 18.2 Å². The van der Waals surface area contributed by atoms with Crippen LogP contribution in [-0.2, 0) is 14.8 Å². The minimum Gasteiger partial charge on any atom is -0.317 e. The maximum absolute atomic E-state index is 4.26. The molecule has 0 amide bonds. The maximum atomic E-state index is 4.26. The lowest BCUT2D eigenvalue weighted by Gasteiger charge is -1.99. The van der Waals surface area contributed by atoms with Crippen molar-refractivity contribution in [2.24, 2.45) is 0 Å². The van der Waals surface area contributed by atoms with Crippen LogP contribution in [0.1, 0.15) is 5.56 Å². The predicted molar refractivity (Wildman–Crippen MR) is 48.4 cm³/mol. The standard InChI is InChI=1S/C7H8.C3H4O3/c1-7-5-3-2-4-6-7;1-2-4-6-5-3-1/h2-6H,1H3;1-2H,3H2. The first-order chi connectivity index (χ1) is 6.39. The van der Waals surface area contributed by atoms with Crippen molar-refractivity contribution < 1.29 is 14.8 Å². The molecule has 0 aromatic heterocycles. The number of hydrogen-bond acceptors (Lipinski definition) is 3. The minimum absolute atomic E-state index is 0.472. The zero-order valence-electron chi connectivity index (χ0n) is 7.47. The van der Waals surface area contributed by atoms with Crippen LogP contribution in [0, 0.1) is 6.92 Å². The molecule has 1 aliphatic rings. The van der Waals surface area contributed by atoms with Crippen LogP contribution in [0.3, 0.4) is 0 Å². The van der Waals surface area contributed by atoms with Crippen molar-refractivity contribution in [1.82, 2.24) is 0 Å². The van der Waals surface area contributed by atoms with Gasteiger partial charge < -0.3 is 4.89 Å². The molecule has 0 saturated heterocycles. The molecule has 1 aromatic rings. The van der Waals surface area contributed by atoms with Crippen LogP contribution < -0.4 is 0 Å². The fraction of sp³-hybridized carbons (Fsp3) is 0.200. The van der Waals surface area contributed by atoms with E-state index in [2.05, 4.69) is 33.9 Å². The first-order valence-electron chi connectivity index (χ1n) is 4.01. The van der Waals surface area contributed by atoms with Gasteiger partial charge in [-0.3, -0.25) is 0 Å². The summed E-state index contributed by atoms with van der Waals surface area (Å²) >= 11 is 0. The summed E-state index contributed by atoms with van der Waals surface area (Å²) in [4.78, 5) is 8.43. The minimum atomic E-state index is 0.472. The second-order valence-electron chi connectivity index (χ2n) is 2.48. The summed E-state index contributed by atoms with van der Waals surface area (Å²) < 4.78 is 0. The van der Waals surface area contributed by atoms with E-state index in [1.54, 1.807) is 6.08 Å². The second kappa shape index (κ2) is 6.22. The molecular weight excluding hydrogens is 168 g/mol. The van der Waals surface area contributed by atoms with Crippen LogP contribution in [0.5, 0.6) is 0 Å². The molecule has 1 aromatic carbocycles. The Morgan fingerprint density at radius 2 is 1.92 bits per heavy atom. The van der Waals surface area contributed by atoms with Crippen molar-refractivity contribution in [3.05, 3.63) is 48.2 Å². The highest BCUT2D eigenvalue weighted by molar-refractivity contribution is 5.11. The first-order valence-corrected chi connectivity index (χ1v) is 4.01. The van der Waals surface area contributed by atoms with Crippen molar-refractivity contribution in [2.45, 2.75) is 6.92 Å². The maximum Gasteiger partial charge on any atom is 0.131 e. The van der Waals surface area contributed by atoms with Crippen LogP contribution in [0.4, 0.5) is 0 Å². The zero-order valence-corrected chi connectivity index (χ0v) is 7.47. The fourth-order valence-electron chi connectivity index (χ4n) is 0.730. The Balaban J connectivity index is 0.000000132. The summed E-state index contributed by atoms with van der Waals surface area (Å²) in [7, 11) is 0. The number of aryl methyl sites for hydroxylation is 1. The normalized spacial score (nSPS) is 13.9. The van der Waals surface area contributed by atoms with E-state index in [0.717, 1.165) is 0 Å². The molecule has 0 radical (unpaired) electrons. The molecule has 1 aliphatic heterocycles. The Morgan fingerprint density at radius 3 is 2.15 bits per heavy atom. The first kappa shape index (κ1) is 9.77. The van der Waals surface area contributed by atoms with Crippen molar-refractivity contribution in [3.63, 3.8) is 0 Å². The van der Waals surface area contributed by atoms with Crippen molar-refractivity contribution in [3.8, 4) is 0 Å². The molecular formula is C10H12O3. The van der Waals surface area contributed by atoms with E-state index in [9.17, 15) is 0 Å². The lowest BCUT2D eigenvalue weighted by atomic mass is 10.2. The molecule has 1 heterocycles. The highest BCUT2D eigenvalue weighted by Gasteiger charge is 1.87. The van der Waals surface area contributed by atoms with E-state index in [4.69, 9.17) is 0 Å². The lowest BCUT2D eigenvalue weighted by Crippen LogP contribution is -1.96. The highest BCUT2D eigenvalue weighted by Crippen LogP contribution is 1.92. The SMILES string of the molecule is C1=COOOC1.Cc1ccccc1. The number of rotatable bonds is 0. The van der Waals surface area contributed by atoms with Gasteiger partial charge in [0.1, 0.15) is 12.9 Å². The van der Waals surface area contributed by atoms with Gasteiger partial charge in [0.15, 0.2) is 0 Å². The van der Waals surface area contributed by atoms with Crippen LogP contribution in [-0.4, -0.2) is 6.61 Å². The molecule has 3 heteroatoms. The Kier molecular flexibility index (Phi) is 4.68. The van der Waals surface area contributed by atoms with Gasteiger partial charge in [0, 0.05) is 0 Å². The number of benzene rings is 1. The van der Waals surface area contributed by atoms with Gasteiger partial charge >= 0.3 is 0 Å². The smallest absolute Gasteiger partial charge is 0.131 e. The van der Waals surface area contributed by atoms with E-state index in [-0.39, 0.29) is 0 Å². The van der Waals surface area contributed by atoms with Gasteiger partial charge in [-0.1, -0.05) is 35.9 Å². The van der Waals surface area contributed by atoms with E-state index in [0.29, 0.717) is 6.61 Å². The molecule has 70 valence electrons. The summed E-state index contributed by atoms with van der Waals surface area (Å²) in [6.07, 6.45) is 3.12. The molecule has 2 rings (SSSR count). The van der Waals surface area contributed by atoms with E-state index < -0.39 is 0 Å². The third kappa shape index (κ3) is 5.00. The van der Waals surface area contributed by atoms with Gasteiger partial charge in [0.25, 0.3) is 0 Å². The van der Waals surface area contributed by atoms with Crippen LogP contribution in [0.2, 0.25) is 0 Å². The molecule has 0 bridgehead atoms. The Labute approximate surface area is 77.4 Å². The number of hydrogen-bond donors (Lipinski definition) is 0. The fourth-order valence-corrected chi connectivity index (χ4v) is 0.730. The topological polar surface area (TPSA) is 27.7 Å². The van der Waals surface area contributed by atoms with E-state index in [1.165, 1.54) is 11.8 Å². The third-order valence-electron chi connectivity index (χ3n) is 1.34. The van der Waals surface area contributed by atoms with Gasteiger partial charge in [-0.25, -0.2) is 0 Å². The summed E-state index contributed by atoms with van der Waals surface area (Å²) in [6, 6.07) is 10.3. The Morgan fingerprint density at radius 1 is 1.15 bits per heavy atom. The molecule has 0 N–H and O–H groups in total. The molecule has 0 unspecified atom stereocenters. The van der Waals surface area contributed by atoms with Gasteiger partial charge in [-0.05, 0) is 18.0 Å². The second-order valence-corrected chi connectivity index (χ2v) is 2.48. The van der Waals surface area contributed by atoms with Crippen LogP contribution in [0.25, 0.3) is 0 Å². The Hall–Kier alpha value is -1.32. The van der Waals surface area contributed by atoms with E-state index >= 15 is 0 Å². The largest absolute Gasteiger partial charge is 0.317 e. The molecule has 3 nitrogen and oxygen atoms in total. The monoisotopic (exact) mass is 180 g/mol. The van der Waals surface area contributed by atoms with Gasteiger partial charge in [0.05, 0.1) is 0 Å². The summed E-state index contributed by atoms with van der Waals surface area (Å²) in [6.45, 7) is 2.56. The quantitative estimate of drug-likeness (QED) is 0.574. The molecule has 0 saturated carbocycles. The average Bonchev–Trinajstić information content (AvgIpc) is 2.22. The Bertz CT molecular complexity index is 236. The molecule has 0 spiro atoms. The van der Waals surface area contributed by atoms with Gasteiger partial charge in [-0.15, -0.1) is 0 Å². The van der Waals surface area contributed by atoms with Crippen LogP contribution in [0.15, 0.2) is 42.7 Å². The molecule has 0 atom stereocenters. The van der Waals surface area contributed by atoms with Crippen molar-refractivity contribution in [1.29, 1.82) is 0 Å². The van der Waals surface area contributed by atoms with Gasteiger partial charge in [0.2, 0.25) is 0 Å². The zero-order chi connectivity index (χ0) is 9.36.